The summed E-state index contributed by atoms with van der Waals surface area (Å²) in [5.41, 5.74) is -2.47. The van der Waals surface area contributed by atoms with Crippen molar-refractivity contribution in [2.45, 2.75) is 49.9 Å². The van der Waals surface area contributed by atoms with Crippen LogP contribution in [-0.2, 0) is 14.3 Å². The number of allylic oxidation sites excluding steroid dienone is 1. The first-order valence-electron chi connectivity index (χ1n) is 7.48. The molecule has 5 atom stereocenters. The van der Waals surface area contributed by atoms with E-state index in [9.17, 15) is 14.7 Å². The molecule has 2 heterocycles. The number of hydrogen-bond donors (Lipinski definition) is 3. The predicted octanol–water partition coefficient (Wildman–Crippen LogP) is -0.114. The number of esters is 1. The third-order valence-corrected chi connectivity index (χ3v) is 5.27. The van der Waals surface area contributed by atoms with Gasteiger partial charge < -0.3 is 20.3 Å². The number of hydrogen-bond acceptors (Lipinski definition) is 5. The molecule has 21 heavy (non-hydrogen) atoms. The van der Waals surface area contributed by atoms with Crippen LogP contribution in [0.2, 0.25) is 0 Å². The Labute approximate surface area is 123 Å². The molecule has 3 aliphatic rings. The van der Waals surface area contributed by atoms with Crippen LogP contribution >= 0.6 is 0 Å². The number of fused-ring (bicyclic) bond motifs is 1. The Balaban J connectivity index is 1.94. The lowest BCUT2D eigenvalue weighted by Gasteiger charge is -2.54. The molecular formula is C15H21NO5. The van der Waals surface area contributed by atoms with Crippen LogP contribution in [0.3, 0.4) is 0 Å². The highest BCUT2D eigenvalue weighted by atomic mass is 16.6. The topological polar surface area (TPSA) is 95.9 Å². The van der Waals surface area contributed by atoms with Gasteiger partial charge in [-0.25, -0.2) is 4.79 Å². The van der Waals surface area contributed by atoms with Gasteiger partial charge in [0.15, 0.2) is 5.60 Å². The lowest BCUT2D eigenvalue weighted by atomic mass is 9.64. The molecule has 0 radical (unpaired) electrons. The summed E-state index contributed by atoms with van der Waals surface area (Å²) in [6.45, 7) is 1.50. The molecule has 6 nitrogen and oxygen atoms in total. The lowest BCUT2D eigenvalue weighted by molar-refractivity contribution is -0.238. The minimum atomic E-state index is -1.38. The van der Waals surface area contributed by atoms with E-state index in [0.29, 0.717) is 0 Å². The standard InChI is InChI=1S/C15H21NO5/c1-14-10(7-8-17)12(19)16-15(14,13(20)21-14)11(18)9-5-3-2-4-6-9/h3,5,9-11,17-18H,2,4,6-8H2,1H3,(H,16,19)/t9-,10+,11?,14+,15?/m1/s1. The maximum atomic E-state index is 12.2. The largest absolute Gasteiger partial charge is 0.453 e. The van der Waals surface area contributed by atoms with Crippen LogP contribution in [0.1, 0.15) is 32.6 Å². The van der Waals surface area contributed by atoms with Gasteiger partial charge in [0.25, 0.3) is 0 Å². The van der Waals surface area contributed by atoms with Gasteiger partial charge in [0.05, 0.1) is 12.0 Å². The zero-order valence-corrected chi connectivity index (χ0v) is 12.0. The predicted molar refractivity (Wildman–Crippen MR) is 73.1 cm³/mol. The molecule has 116 valence electrons. The van der Waals surface area contributed by atoms with Crippen molar-refractivity contribution in [2.75, 3.05) is 6.61 Å². The number of ether oxygens (including phenoxy) is 1. The van der Waals surface area contributed by atoms with Gasteiger partial charge in [0.1, 0.15) is 0 Å². The van der Waals surface area contributed by atoms with Crippen molar-refractivity contribution in [1.82, 2.24) is 5.32 Å². The molecule has 3 rings (SSSR count). The number of aliphatic hydroxyl groups excluding tert-OH is 2. The Hall–Kier alpha value is -1.40. The van der Waals surface area contributed by atoms with Gasteiger partial charge in [0.2, 0.25) is 11.4 Å². The van der Waals surface area contributed by atoms with Gasteiger partial charge in [0, 0.05) is 12.5 Å². The van der Waals surface area contributed by atoms with Crippen molar-refractivity contribution >= 4 is 11.9 Å². The van der Waals surface area contributed by atoms with Crippen LogP contribution < -0.4 is 5.32 Å². The quantitative estimate of drug-likeness (QED) is 0.497. The van der Waals surface area contributed by atoms with E-state index >= 15 is 0 Å². The van der Waals surface area contributed by atoms with E-state index in [1.165, 1.54) is 0 Å². The van der Waals surface area contributed by atoms with E-state index in [2.05, 4.69) is 5.32 Å². The van der Waals surface area contributed by atoms with Crippen molar-refractivity contribution in [3.05, 3.63) is 12.2 Å². The number of rotatable bonds is 4. The summed E-state index contributed by atoms with van der Waals surface area (Å²) in [7, 11) is 0. The van der Waals surface area contributed by atoms with Gasteiger partial charge in [-0.2, -0.15) is 0 Å². The van der Waals surface area contributed by atoms with E-state index in [0.717, 1.165) is 19.3 Å². The van der Waals surface area contributed by atoms with Gasteiger partial charge in [-0.15, -0.1) is 0 Å². The maximum absolute atomic E-state index is 12.2. The van der Waals surface area contributed by atoms with Crippen LogP contribution in [0.4, 0.5) is 0 Å². The number of carbonyl (C=O) groups excluding carboxylic acids is 2. The molecule has 0 bridgehead atoms. The molecule has 2 fully saturated rings. The third kappa shape index (κ3) is 1.72. The third-order valence-electron chi connectivity index (χ3n) is 5.27. The lowest BCUT2D eigenvalue weighted by Crippen LogP contribution is -2.80. The summed E-state index contributed by atoms with van der Waals surface area (Å²) >= 11 is 0. The van der Waals surface area contributed by atoms with Crippen molar-refractivity contribution in [3.8, 4) is 0 Å². The maximum Gasteiger partial charge on any atom is 0.339 e. The zero-order chi connectivity index (χ0) is 15.3. The Morgan fingerprint density at radius 2 is 2.29 bits per heavy atom. The Morgan fingerprint density at radius 1 is 1.52 bits per heavy atom. The van der Waals surface area contributed by atoms with Gasteiger partial charge in [-0.05, 0) is 32.6 Å². The number of carbonyl (C=O) groups is 2. The molecular weight excluding hydrogens is 274 g/mol. The van der Waals surface area contributed by atoms with E-state index in [1.54, 1.807) is 6.92 Å². The normalized spacial score (nSPS) is 42.8. The van der Waals surface area contributed by atoms with Crippen molar-refractivity contribution in [1.29, 1.82) is 0 Å². The van der Waals surface area contributed by atoms with Gasteiger partial charge in [-0.1, -0.05) is 12.2 Å². The molecule has 2 aliphatic heterocycles. The molecule has 0 aromatic heterocycles. The first-order valence-corrected chi connectivity index (χ1v) is 7.48. The molecule has 0 spiro atoms. The zero-order valence-electron chi connectivity index (χ0n) is 12.0. The van der Waals surface area contributed by atoms with Crippen molar-refractivity contribution in [2.24, 2.45) is 11.8 Å². The van der Waals surface area contributed by atoms with E-state index in [-0.39, 0.29) is 24.9 Å². The van der Waals surface area contributed by atoms with Crippen LogP contribution in [0.25, 0.3) is 0 Å². The van der Waals surface area contributed by atoms with E-state index in [4.69, 9.17) is 9.84 Å². The molecule has 2 unspecified atom stereocenters. The average molecular weight is 295 g/mol. The fourth-order valence-electron chi connectivity index (χ4n) is 4.01. The smallest absolute Gasteiger partial charge is 0.339 e. The fourth-order valence-corrected chi connectivity index (χ4v) is 4.01. The Morgan fingerprint density at radius 3 is 2.86 bits per heavy atom. The van der Waals surface area contributed by atoms with E-state index in [1.807, 2.05) is 12.2 Å². The first-order chi connectivity index (χ1) is 9.97. The first kappa shape index (κ1) is 14.5. The molecule has 0 aromatic rings. The second kappa shape index (κ2) is 4.81. The highest BCUT2D eigenvalue weighted by molar-refractivity contribution is 6.01. The Bertz CT molecular complexity index is 504. The summed E-state index contributed by atoms with van der Waals surface area (Å²) in [5, 5.41) is 22.6. The fraction of sp³-hybridized carbons (Fsp3) is 0.733. The monoisotopic (exact) mass is 295 g/mol. The Kier molecular flexibility index (Phi) is 3.33. The number of aliphatic hydroxyl groups is 2. The average Bonchev–Trinajstić information content (AvgIpc) is 2.65. The summed E-state index contributed by atoms with van der Waals surface area (Å²) in [6.07, 6.45) is 5.82. The van der Waals surface area contributed by atoms with Crippen LogP contribution in [0.15, 0.2) is 12.2 Å². The minimum Gasteiger partial charge on any atom is -0.453 e. The van der Waals surface area contributed by atoms with Crippen LogP contribution in [0, 0.1) is 11.8 Å². The molecule has 6 heteroatoms. The van der Waals surface area contributed by atoms with E-state index < -0.39 is 29.1 Å². The second-order valence-electron chi connectivity index (χ2n) is 6.33. The molecule has 0 aromatic carbocycles. The van der Waals surface area contributed by atoms with Gasteiger partial charge >= 0.3 is 5.97 Å². The molecule has 1 aliphatic carbocycles. The number of amides is 1. The molecule has 0 saturated carbocycles. The van der Waals surface area contributed by atoms with Gasteiger partial charge in [-0.3, -0.25) is 4.79 Å². The van der Waals surface area contributed by atoms with Crippen molar-refractivity contribution in [3.63, 3.8) is 0 Å². The second-order valence-corrected chi connectivity index (χ2v) is 6.33. The van der Waals surface area contributed by atoms with Crippen molar-refractivity contribution < 1.29 is 24.5 Å². The summed E-state index contributed by atoms with van der Waals surface area (Å²) in [5.74, 6) is -1.71. The molecule has 1 amide bonds. The van der Waals surface area contributed by atoms with Crippen LogP contribution in [0.5, 0.6) is 0 Å². The molecule has 2 saturated heterocycles. The minimum absolute atomic E-state index is 0.166. The molecule has 3 N–H and O–H groups in total. The summed E-state index contributed by atoms with van der Waals surface area (Å²) in [4.78, 5) is 24.3. The summed E-state index contributed by atoms with van der Waals surface area (Å²) < 4.78 is 5.28. The SMILES string of the molecule is C[C@@]12OC(=O)C1(C(O)[C@@H]1C=CCCC1)NC(=O)[C@@H]2CCO. The number of nitrogens with one attached hydrogen (secondary N) is 1. The van der Waals surface area contributed by atoms with Crippen LogP contribution in [-0.4, -0.2) is 45.9 Å². The summed E-state index contributed by atoms with van der Waals surface area (Å²) in [6, 6.07) is 0. The highest BCUT2D eigenvalue weighted by Crippen LogP contribution is 2.53. The highest BCUT2D eigenvalue weighted by Gasteiger charge is 2.79.